The van der Waals surface area contributed by atoms with Crippen LogP contribution >= 0.6 is 0 Å². The number of hydrogen-bond donors (Lipinski definition) is 3. The summed E-state index contributed by atoms with van der Waals surface area (Å²) in [6.45, 7) is 1.62. The fourth-order valence-electron chi connectivity index (χ4n) is 2.06. The Morgan fingerprint density at radius 3 is 3.15 bits per heavy atom. The molecule has 1 saturated heterocycles. The smallest absolute Gasteiger partial charge is 0.317 e. The minimum Gasteiger partial charge on any atom is -0.481 e. The lowest BCUT2D eigenvalue weighted by atomic mass is 10.2. The number of ether oxygens (including phenoxy) is 1. The Hall–Kier alpha value is -2.09. The van der Waals surface area contributed by atoms with Gasteiger partial charge in [0, 0.05) is 38.4 Å². The van der Waals surface area contributed by atoms with Gasteiger partial charge in [0.2, 0.25) is 0 Å². The summed E-state index contributed by atoms with van der Waals surface area (Å²) in [7, 11) is 0. The Kier molecular flexibility index (Phi) is 4.94. The number of carboxylic acid groups (broad SMARTS) is 1. The van der Waals surface area contributed by atoms with E-state index in [0.29, 0.717) is 32.7 Å². The highest BCUT2D eigenvalue weighted by Crippen LogP contribution is 2.08. The second-order valence-corrected chi connectivity index (χ2v) is 4.55. The number of H-pyrrole nitrogens is 1. The molecule has 1 aromatic heterocycles. The Morgan fingerprint density at radius 2 is 2.45 bits per heavy atom. The average molecular weight is 282 g/mol. The van der Waals surface area contributed by atoms with Gasteiger partial charge in [0.05, 0.1) is 19.1 Å². The van der Waals surface area contributed by atoms with Crippen molar-refractivity contribution >= 4 is 12.0 Å². The lowest BCUT2D eigenvalue weighted by Gasteiger charge is -2.32. The predicted molar refractivity (Wildman–Crippen MR) is 69.3 cm³/mol. The van der Waals surface area contributed by atoms with E-state index in [0.717, 1.165) is 5.82 Å². The van der Waals surface area contributed by atoms with Gasteiger partial charge in [-0.05, 0) is 0 Å². The van der Waals surface area contributed by atoms with Crippen molar-refractivity contribution in [1.82, 2.24) is 20.2 Å². The maximum Gasteiger partial charge on any atom is 0.317 e. The van der Waals surface area contributed by atoms with Crippen molar-refractivity contribution in [3.63, 3.8) is 0 Å². The zero-order valence-electron chi connectivity index (χ0n) is 11.0. The number of carbonyl (C=O) groups is 2. The van der Waals surface area contributed by atoms with Crippen LogP contribution < -0.4 is 5.32 Å². The molecule has 1 atom stereocenters. The predicted octanol–water partition coefficient (Wildman–Crippen LogP) is -0.163. The highest BCUT2D eigenvalue weighted by Gasteiger charge is 2.25. The van der Waals surface area contributed by atoms with E-state index in [1.807, 2.05) is 0 Å². The third-order valence-corrected chi connectivity index (χ3v) is 3.02. The van der Waals surface area contributed by atoms with Crippen LogP contribution in [-0.4, -0.2) is 64.3 Å². The third kappa shape index (κ3) is 4.23. The lowest BCUT2D eigenvalue weighted by Crippen LogP contribution is -2.50. The zero-order chi connectivity index (χ0) is 14.4. The molecule has 1 aromatic rings. The van der Waals surface area contributed by atoms with Crippen LogP contribution in [0.1, 0.15) is 12.2 Å². The molecular formula is C12H18N4O4. The molecule has 3 N–H and O–H groups in total. The number of carboxylic acids is 1. The number of hydrogen-bond acceptors (Lipinski definition) is 4. The minimum atomic E-state index is -0.921. The number of imidazole rings is 1. The molecule has 0 bridgehead atoms. The summed E-state index contributed by atoms with van der Waals surface area (Å²) in [4.78, 5) is 31.2. The Balaban J connectivity index is 1.72. The number of rotatable bonds is 5. The molecule has 0 spiro atoms. The molecule has 0 radical (unpaired) electrons. The number of morpholine rings is 1. The van der Waals surface area contributed by atoms with Gasteiger partial charge in [-0.3, -0.25) is 4.79 Å². The van der Waals surface area contributed by atoms with Crippen molar-refractivity contribution in [3.8, 4) is 0 Å². The zero-order valence-corrected chi connectivity index (χ0v) is 11.0. The third-order valence-electron chi connectivity index (χ3n) is 3.02. The molecule has 0 aromatic carbocycles. The van der Waals surface area contributed by atoms with Crippen molar-refractivity contribution in [2.45, 2.75) is 18.9 Å². The van der Waals surface area contributed by atoms with Crippen LogP contribution in [0.25, 0.3) is 0 Å². The van der Waals surface area contributed by atoms with Crippen molar-refractivity contribution in [2.75, 3.05) is 26.2 Å². The van der Waals surface area contributed by atoms with E-state index in [2.05, 4.69) is 15.3 Å². The van der Waals surface area contributed by atoms with Gasteiger partial charge in [-0.15, -0.1) is 0 Å². The summed E-state index contributed by atoms with van der Waals surface area (Å²) in [6.07, 6.45) is 3.50. The summed E-state index contributed by atoms with van der Waals surface area (Å²) < 4.78 is 5.32. The number of aromatic nitrogens is 2. The molecule has 1 aliphatic heterocycles. The molecule has 1 aliphatic rings. The summed E-state index contributed by atoms with van der Waals surface area (Å²) in [5.74, 6) is -0.105. The van der Waals surface area contributed by atoms with Gasteiger partial charge in [-0.25, -0.2) is 9.78 Å². The molecule has 2 amide bonds. The number of amides is 2. The number of aromatic amines is 1. The first-order chi connectivity index (χ1) is 9.65. The van der Waals surface area contributed by atoms with Crippen molar-refractivity contribution < 1.29 is 19.4 Å². The maximum atomic E-state index is 11.9. The van der Waals surface area contributed by atoms with Gasteiger partial charge >= 0.3 is 12.0 Å². The van der Waals surface area contributed by atoms with Crippen LogP contribution in [0.15, 0.2) is 12.4 Å². The number of nitrogens with zero attached hydrogens (tertiary/aromatic N) is 2. The Morgan fingerprint density at radius 1 is 1.60 bits per heavy atom. The summed E-state index contributed by atoms with van der Waals surface area (Å²) in [5, 5.41) is 11.5. The number of urea groups is 1. The summed E-state index contributed by atoms with van der Waals surface area (Å²) in [6, 6.07) is -0.199. The molecular weight excluding hydrogens is 264 g/mol. The lowest BCUT2D eigenvalue weighted by molar-refractivity contribution is -0.141. The van der Waals surface area contributed by atoms with Gasteiger partial charge in [0.1, 0.15) is 5.82 Å². The van der Waals surface area contributed by atoms with Crippen molar-refractivity contribution in [1.29, 1.82) is 0 Å². The first kappa shape index (κ1) is 14.3. The van der Waals surface area contributed by atoms with E-state index >= 15 is 0 Å². The average Bonchev–Trinajstić information content (AvgIpc) is 2.91. The van der Waals surface area contributed by atoms with Crippen LogP contribution in [0.4, 0.5) is 4.79 Å². The van der Waals surface area contributed by atoms with Crippen LogP contribution in [0.2, 0.25) is 0 Å². The molecule has 2 heterocycles. The van der Waals surface area contributed by atoms with E-state index in [1.54, 1.807) is 17.3 Å². The Labute approximate surface area is 116 Å². The topological polar surface area (TPSA) is 108 Å². The first-order valence-electron chi connectivity index (χ1n) is 6.49. The van der Waals surface area contributed by atoms with E-state index < -0.39 is 12.1 Å². The monoisotopic (exact) mass is 282 g/mol. The molecule has 8 nitrogen and oxygen atoms in total. The number of nitrogens with one attached hydrogen (secondary N) is 2. The van der Waals surface area contributed by atoms with Gasteiger partial charge in [-0.2, -0.15) is 0 Å². The molecule has 2 rings (SSSR count). The molecule has 0 aliphatic carbocycles. The standard InChI is InChI=1S/C12H18N4O4/c17-11(18)7-9-8-16(5-6-20-9)12(19)15-2-1-10-13-3-4-14-10/h3-4,9H,1-2,5-8H2,(H,13,14)(H,15,19)(H,17,18). The first-order valence-corrected chi connectivity index (χ1v) is 6.49. The molecule has 0 saturated carbocycles. The molecule has 20 heavy (non-hydrogen) atoms. The Bertz CT molecular complexity index is 448. The summed E-state index contributed by atoms with van der Waals surface area (Å²) >= 11 is 0. The second-order valence-electron chi connectivity index (χ2n) is 4.55. The highest BCUT2D eigenvalue weighted by atomic mass is 16.5. The maximum absolute atomic E-state index is 11.9. The van der Waals surface area contributed by atoms with E-state index in [-0.39, 0.29) is 12.5 Å². The minimum absolute atomic E-state index is 0.0871. The SMILES string of the molecule is O=C(O)CC1CN(C(=O)NCCc2ncc[nH]2)CCO1. The quantitative estimate of drug-likeness (QED) is 0.695. The molecule has 8 heteroatoms. The van der Waals surface area contributed by atoms with E-state index in [1.165, 1.54) is 0 Å². The summed E-state index contributed by atoms with van der Waals surface area (Å²) in [5.41, 5.74) is 0. The van der Waals surface area contributed by atoms with Crippen LogP contribution in [-0.2, 0) is 16.0 Å². The number of carbonyl (C=O) groups excluding carboxylic acids is 1. The molecule has 1 unspecified atom stereocenters. The van der Waals surface area contributed by atoms with Gasteiger partial charge in [0.25, 0.3) is 0 Å². The normalized spacial score (nSPS) is 18.8. The van der Waals surface area contributed by atoms with E-state index in [9.17, 15) is 9.59 Å². The second kappa shape index (κ2) is 6.90. The highest BCUT2D eigenvalue weighted by molar-refractivity contribution is 5.74. The largest absolute Gasteiger partial charge is 0.481 e. The van der Waals surface area contributed by atoms with Crippen LogP contribution in [0.5, 0.6) is 0 Å². The van der Waals surface area contributed by atoms with Crippen molar-refractivity contribution in [2.24, 2.45) is 0 Å². The molecule has 110 valence electrons. The van der Waals surface area contributed by atoms with Crippen molar-refractivity contribution in [3.05, 3.63) is 18.2 Å². The van der Waals surface area contributed by atoms with Gasteiger partial charge in [-0.1, -0.05) is 0 Å². The van der Waals surface area contributed by atoms with Gasteiger partial charge in [0.15, 0.2) is 0 Å². The fourth-order valence-corrected chi connectivity index (χ4v) is 2.06. The molecule has 1 fully saturated rings. The van der Waals surface area contributed by atoms with Gasteiger partial charge < -0.3 is 25.0 Å². The van der Waals surface area contributed by atoms with Crippen LogP contribution in [0, 0.1) is 0 Å². The fraction of sp³-hybridized carbons (Fsp3) is 0.583. The van der Waals surface area contributed by atoms with Crippen LogP contribution in [0.3, 0.4) is 0 Å². The number of aliphatic carboxylic acids is 1. The van der Waals surface area contributed by atoms with E-state index in [4.69, 9.17) is 9.84 Å².